The number of benzene rings is 1. The Hall–Kier alpha value is -3.46. The van der Waals surface area contributed by atoms with E-state index in [-0.39, 0.29) is 31.3 Å². The Balaban J connectivity index is 1.75. The van der Waals surface area contributed by atoms with Crippen molar-refractivity contribution in [1.29, 1.82) is 0 Å². The van der Waals surface area contributed by atoms with E-state index in [0.29, 0.717) is 30.0 Å². The first kappa shape index (κ1) is 32.8. The number of nitrogens with zero attached hydrogens (tertiary/aromatic N) is 2. The number of ether oxygens (including phenoxy) is 1. The van der Waals surface area contributed by atoms with E-state index in [9.17, 15) is 40.3 Å². The third kappa shape index (κ3) is 12.6. The molecule has 0 aromatic heterocycles. The van der Waals surface area contributed by atoms with E-state index in [1.54, 1.807) is 30.3 Å². The fourth-order valence-corrected chi connectivity index (χ4v) is 4.42. The van der Waals surface area contributed by atoms with Crippen molar-refractivity contribution < 1.29 is 44.7 Å². The van der Waals surface area contributed by atoms with Crippen LogP contribution >= 0.6 is 11.6 Å². The highest BCUT2D eigenvalue weighted by molar-refractivity contribution is 6.30. The smallest absolute Gasteiger partial charge is 0.294 e. The molecule has 4 N–H and O–H groups in total. The minimum Gasteiger partial charge on any atom is -0.491 e. The molecule has 1 aliphatic rings. The molecule has 40 heavy (non-hydrogen) atoms. The second-order valence-corrected chi connectivity index (χ2v) is 9.67. The molecular formula is C25H34ClN3O11. The molecule has 1 saturated carbocycles. The van der Waals surface area contributed by atoms with Crippen LogP contribution in [0.1, 0.15) is 32.1 Å². The molecule has 14 nitrogen and oxygen atoms in total. The van der Waals surface area contributed by atoms with Gasteiger partial charge in [-0.3, -0.25) is 4.79 Å². The van der Waals surface area contributed by atoms with E-state index in [2.05, 4.69) is 15.0 Å². The molecular weight excluding hydrogens is 554 g/mol. The predicted molar refractivity (Wildman–Crippen MR) is 141 cm³/mol. The van der Waals surface area contributed by atoms with Crippen LogP contribution in [0.5, 0.6) is 5.75 Å². The summed E-state index contributed by atoms with van der Waals surface area (Å²) >= 11 is 5.92. The highest BCUT2D eigenvalue weighted by Gasteiger charge is 2.39. The van der Waals surface area contributed by atoms with Crippen LogP contribution in [0, 0.1) is 32.1 Å². The number of carbonyl (C=O) groups excluding carboxylic acids is 1. The van der Waals surface area contributed by atoms with Gasteiger partial charge in [0.15, 0.2) is 0 Å². The second-order valence-electron chi connectivity index (χ2n) is 9.23. The summed E-state index contributed by atoms with van der Waals surface area (Å²) in [6, 6.07) is 5.71. The summed E-state index contributed by atoms with van der Waals surface area (Å²) < 4.78 is 5.52. The van der Waals surface area contributed by atoms with Gasteiger partial charge in [0.2, 0.25) is 5.91 Å². The van der Waals surface area contributed by atoms with Gasteiger partial charge in [0.25, 0.3) is 10.2 Å². The summed E-state index contributed by atoms with van der Waals surface area (Å²) in [5.74, 6) is -0.597. The molecule has 0 bridgehead atoms. The van der Waals surface area contributed by atoms with Gasteiger partial charge in [0.1, 0.15) is 31.7 Å². The van der Waals surface area contributed by atoms with Gasteiger partial charge in [0.05, 0.1) is 18.2 Å². The minimum atomic E-state index is -1.07. The maximum Gasteiger partial charge on any atom is 0.294 e. The van der Waals surface area contributed by atoms with Gasteiger partial charge >= 0.3 is 0 Å². The zero-order valence-corrected chi connectivity index (χ0v) is 22.4. The second kappa shape index (κ2) is 17.3. The lowest BCUT2D eigenvalue weighted by Crippen LogP contribution is -2.42. The first-order valence-corrected chi connectivity index (χ1v) is 13.0. The molecule has 2 rings (SSSR count). The summed E-state index contributed by atoms with van der Waals surface area (Å²) in [6.45, 7) is -1.19. The number of nitrogens with one attached hydrogen (secondary N) is 1. The molecule has 1 fully saturated rings. The average molecular weight is 588 g/mol. The summed E-state index contributed by atoms with van der Waals surface area (Å²) in [4.78, 5) is 41.1. The molecule has 0 spiro atoms. The van der Waals surface area contributed by atoms with E-state index in [4.69, 9.17) is 16.3 Å². The summed E-state index contributed by atoms with van der Waals surface area (Å²) in [7, 11) is 0. The normalized spacial score (nSPS) is 21.5. The van der Waals surface area contributed by atoms with Crippen molar-refractivity contribution in [2.75, 3.05) is 19.8 Å². The lowest BCUT2D eigenvalue weighted by Gasteiger charge is -2.19. The number of halogens is 1. The number of rotatable bonds is 18. The number of aliphatic hydroxyl groups excluding tert-OH is 3. The topological polar surface area (TPSA) is 204 Å². The van der Waals surface area contributed by atoms with Crippen molar-refractivity contribution in [1.82, 2.24) is 5.32 Å². The SMILES string of the molecule is O=C(CCCC=CC[C@@H]1[C@@H](C=C[C@@H](O)COc2cccc(Cl)c2)[C@H](O)C[C@@H]1O)NC(CO[N+](=O)[O-])CO[N+](=O)[O-]. The Morgan fingerprint density at radius 1 is 1.12 bits per heavy atom. The summed E-state index contributed by atoms with van der Waals surface area (Å²) in [5.41, 5.74) is 0. The van der Waals surface area contributed by atoms with Gasteiger partial charge < -0.3 is 35.0 Å². The molecule has 0 saturated heterocycles. The predicted octanol–water partition coefficient (Wildman–Crippen LogP) is 2.01. The van der Waals surface area contributed by atoms with E-state index < -0.39 is 53.6 Å². The lowest BCUT2D eigenvalue weighted by atomic mass is 9.89. The molecule has 1 aliphatic carbocycles. The van der Waals surface area contributed by atoms with Gasteiger partial charge in [-0.1, -0.05) is 42.0 Å². The standard InChI is InChI=1S/C25H34ClN3O11/c26-17-6-5-7-20(12-17)38-16-19(30)10-11-22-21(23(31)13-24(22)32)8-3-1-2-4-9-25(33)27-18(14-39-28(34)35)15-40-29(36)37/h1,3,5-7,10-12,18-19,21-24,30-32H,2,4,8-9,13-16H2,(H,27,33)/t19-,21-,22-,23+,24-/m1/s1. The first-order chi connectivity index (χ1) is 19.0. The Morgan fingerprint density at radius 3 is 2.48 bits per heavy atom. The molecule has 5 atom stereocenters. The minimum absolute atomic E-state index is 0.00733. The molecule has 0 heterocycles. The first-order valence-electron chi connectivity index (χ1n) is 12.6. The fourth-order valence-electron chi connectivity index (χ4n) is 4.24. The molecule has 1 aromatic carbocycles. The van der Waals surface area contributed by atoms with Crippen LogP contribution in [0.25, 0.3) is 0 Å². The Kier molecular flexibility index (Phi) is 14.1. The molecule has 0 aliphatic heterocycles. The highest BCUT2D eigenvalue weighted by Crippen LogP contribution is 2.36. The maximum atomic E-state index is 12.1. The largest absolute Gasteiger partial charge is 0.491 e. The zero-order chi connectivity index (χ0) is 29.5. The summed E-state index contributed by atoms with van der Waals surface area (Å²) in [6.07, 6.45) is 6.18. The zero-order valence-electron chi connectivity index (χ0n) is 21.6. The Bertz CT molecular complexity index is 1010. The van der Waals surface area contributed by atoms with Gasteiger partial charge in [-0.25, -0.2) is 0 Å². The van der Waals surface area contributed by atoms with Crippen LogP contribution in [0.4, 0.5) is 0 Å². The van der Waals surface area contributed by atoms with Crippen LogP contribution in [0.3, 0.4) is 0 Å². The number of allylic oxidation sites excluding steroid dienone is 2. The van der Waals surface area contributed by atoms with E-state index in [1.807, 2.05) is 12.2 Å². The maximum absolute atomic E-state index is 12.1. The Morgan fingerprint density at radius 2 is 1.82 bits per heavy atom. The van der Waals surface area contributed by atoms with Crippen molar-refractivity contribution in [3.63, 3.8) is 0 Å². The van der Waals surface area contributed by atoms with E-state index in [0.717, 1.165) is 0 Å². The number of hydrogen-bond donors (Lipinski definition) is 4. The lowest BCUT2D eigenvalue weighted by molar-refractivity contribution is -0.766. The van der Waals surface area contributed by atoms with Gasteiger partial charge in [0, 0.05) is 23.8 Å². The van der Waals surface area contributed by atoms with Crippen LogP contribution in [0.2, 0.25) is 5.02 Å². The van der Waals surface area contributed by atoms with Crippen molar-refractivity contribution in [2.45, 2.75) is 56.5 Å². The molecule has 15 heteroatoms. The van der Waals surface area contributed by atoms with E-state index in [1.165, 1.54) is 6.08 Å². The van der Waals surface area contributed by atoms with Gasteiger partial charge in [-0.15, -0.1) is 20.2 Å². The molecule has 1 amide bonds. The van der Waals surface area contributed by atoms with Crippen LogP contribution in [0.15, 0.2) is 48.6 Å². The summed E-state index contributed by atoms with van der Waals surface area (Å²) in [5, 5.41) is 52.5. The number of hydrogen-bond acceptors (Lipinski definition) is 11. The van der Waals surface area contributed by atoms with Crippen LogP contribution in [-0.2, 0) is 14.5 Å². The van der Waals surface area contributed by atoms with Crippen LogP contribution < -0.4 is 10.1 Å². The third-order valence-electron chi connectivity index (χ3n) is 6.17. The average Bonchev–Trinajstić information content (AvgIpc) is 3.16. The van der Waals surface area contributed by atoms with Crippen molar-refractivity contribution in [3.05, 3.63) is 73.8 Å². The number of amides is 1. The number of carbonyl (C=O) groups is 1. The van der Waals surface area contributed by atoms with Crippen molar-refractivity contribution in [2.24, 2.45) is 11.8 Å². The quantitative estimate of drug-likeness (QED) is 0.0846. The van der Waals surface area contributed by atoms with E-state index >= 15 is 0 Å². The van der Waals surface area contributed by atoms with Crippen molar-refractivity contribution in [3.8, 4) is 5.75 Å². The fraction of sp³-hybridized carbons (Fsp3) is 0.560. The van der Waals surface area contributed by atoms with Crippen molar-refractivity contribution >= 4 is 17.5 Å². The molecule has 0 radical (unpaired) electrons. The highest BCUT2D eigenvalue weighted by atomic mass is 35.5. The molecule has 222 valence electrons. The van der Waals surface area contributed by atoms with Gasteiger partial charge in [-0.2, -0.15) is 0 Å². The Labute approximate surface area is 235 Å². The monoisotopic (exact) mass is 587 g/mol. The molecule has 1 aromatic rings. The number of unbranched alkanes of at least 4 members (excludes halogenated alkanes) is 1. The van der Waals surface area contributed by atoms with Crippen LogP contribution in [-0.4, -0.2) is 75.6 Å². The van der Waals surface area contributed by atoms with Gasteiger partial charge in [-0.05, 0) is 43.4 Å². The number of aliphatic hydroxyl groups is 3. The third-order valence-corrected chi connectivity index (χ3v) is 6.40. The molecule has 0 unspecified atom stereocenters.